The molecule has 150 valence electrons. The lowest BCUT2D eigenvalue weighted by Crippen LogP contribution is -2.43. The molecule has 1 atom stereocenters. The number of aromatic nitrogens is 4. The zero-order valence-corrected chi connectivity index (χ0v) is 16.4. The lowest BCUT2D eigenvalue weighted by Gasteiger charge is -2.16. The normalized spacial score (nSPS) is 11.6. The van der Waals surface area contributed by atoms with Gasteiger partial charge in [0.2, 0.25) is 11.1 Å². The van der Waals surface area contributed by atoms with Gasteiger partial charge < -0.3 is 15.2 Å². The smallest absolute Gasteiger partial charge is 0.328 e. The molecule has 1 amide bonds. The van der Waals surface area contributed by atoms with E-state index in [9.17, 15) is 14.7 Å². The van der Waals surface area contributed by atoms with Gasteiger partial charge in [0.25, 0.3) is 0 Å². The van der Waals surface area contributed by atoms with E-state index in [1.165, 1.54) is 23.9 Å². The van der Waals surface area contributed by atoms with Crippen molar-refractivity contribution in [3.05, 3.63) is 60.2 Å². The van der Waals surface area contributed by atoms with Crippen molar-refractivity contribution in [2.24, 2.45) is 0 Å². The first-order valence-corrected chi connectivity index (χ1v) is 9.67. The Morgan fingerprint density at radius 3 is 2.59 bits per heavy atom. The van der Waals surface area contributed by atoms with Gasteiger partial charge in [0.05, 0.1) is 18.6 Å². The van der Waals surface area contributed by atoms with E-state index in [4.69, 9.17) is 4.74 Å². The monoisotopic (exact) mass is 413 g/mol. The van der Waals surface area contributed by atoms with Crippen molar-refractivity contribution in [1.82, 2.24) is 25.5 Å². The molecule has 2 aromatic carbocycles. The highest BCUT2D eigenvalue weighted by Crippen LogP contribution is 2.19. The van der Waals surface area contributed by atoms with Gasteiger partial charge in [-0.1, -0.05) is 42.1 Å². The number of carbonyl (C=O) groups is 2. The molecule has 0 aliphatic rings. The van der Waals surface area contributed by atoms with Crippen molar-refractivity contribution >= 4 is 23.6 Å². The van der Waals surface area contributed by atoms with E-state index in [1.54, 1.807) is 12.1 Å². The van der Waals surface area contributed by atoms with E-state index < -0.39 is 12.0 Å². The van der Waals surface area contributed by atoms with Crippen LogP contribution in [0.25, 0.3) is 5.69 Å². The van der Waals surface area contributed by atoms with Crippen LogP contribution >= 0.6 is 11.8 Å². The van der Waals surface area contributed by atoms with Gasteiger partial charge in [-0.05, 0) is 40.3 Å². The summed E-state index contributed by atoms with van der Waals surface area (Å²) >= 11 is 1.13. The highest BCUT2D eigenvalue weighted by molar-refractivity contribution is 7.99. The molecule has 2 N–H and O–H groups in total. The maximum atomic E-state index is 12.4. The number of hydrogen-bond donors (Lipinski definition) is 2. The summed E-state index contributed by atoms with van der Waals surface area (Å²) in [6.45, 7) is 0. The van der Waals surface area contributed by atoms with Gasteiger partial charge in [0.15, 0.2) is 0 Å². The van der Waals surface area contributed by atoms with Crippen molar-refractivity contribution in [3.63, 3.8) is 0 Å². The summed E-state index contributed by atoms with van der Waals surface area (Å²) in [5, 5.41) is 24.0. The van der Waals surface area contributed by atoms with Gasteiger partial charge in [-0.3, -0.25) is 4.79 Å². The Bertz CT molecular complexity index is 962. The van der Waals surface area contributed by atoms with Gasteiger partial charge in [0, 0.05) is 6.42 Å². The molecule has 0 unspecified atom stereocenters. The number of phenols is 1. The summed E-state index contributed by atoms with van der Waals surface area (Å²) in [4.78, 5) is 24.5. The van der Waals surface area contributed by atoms with Crippen molar-refractivity contribution in [3.8, 4) is 11.4 Å². The molecule has 0 saturated heterocycles. The van der Waals surface area contributed by atoms with E-state index in [1.807, 2.05) is 30.3 Å². The Balaban J connectivity index is 1.62. The lowest BCUT2D eigenvalue weighted by atomic mass is 10.1. The fourth-order valence-corrected chi connectivity index (χ4v) is 3.28. The van der Waals surface area contributed by atoms with Crippen molar-refractivity contribution in [1.29, 1.82) is 0 Å². The summed E-state index contributed by atoms with van der Waals surface area (Å²) in [5.74, 6) is -0.716. The predicted octanol–water partition coefficient (Wildman–Crippen LogP) is 1.36. The maximum Gasteiger partial charge on any atom is 0.328 e. The van der Waals surface area contributed by atoms with E-state index in [2.05, 4.69) is 20.8 Å². The number of amides is 1. The minimum absolute atomic E-state index is 0.0146. The number of nitrogens with zero attached hydrogens (tertiary/aromatic N) is 4. The van der Waals surface area contributed by atoms with Crippen LogP contribution in [-0.4, -0.2) is 56.1 Å². The number of methoxy groups -OCH3 is 1. The van der Waals surface area contributed by atoms with Gasteiger partial charge in [-0.2, -0.15) is 4.68 Å². The number of aromatic hydroxyl groups is 1. The number of nitrogens with one attached hydrogen (secondary N) is 1. The number of rotatable bonds is 8. The standard InChI is InChI=1S/C19H19N5O4S/c1-28-18(27)16(11-13-5-3-2-4-6-13)20-17(26)12-29-19-21-22-23-24(19)14-7-9-15(25)10-8-14/h2-10,16,25H,11-12H2,1H3,(H,20,26)/t16-/m0/s1. The zero-order valence-electron chi connectivity index (χ0n) is 15.6. The fraction of sp³-hybridized carbons (Fsp3) is 0.211. The van der Waals surface area contributed by atoms with E-state index in [0.29, 0.717) is 17.3 Å². The second-order valence-corrected chi connectivity index (χ2v) is 6.95. The number of carbonyl (C=O) groups excluding carboxylic acids is 2. The average molecular weight is 413 g/mol. The number of thioether (sulfide) groups is 1. The minimum Gasteiger partial charge on any atom is -0.508 e. The topological polar surface area (TPSA) is 119 Å². The Hall–Kier alpha value is -3.40. The summed E-state index contributed by atoms with van der Waals surface area (Å²) in [6.07, 6.45) is 0.329. The number of esters is 1. The van der Waals surface area contributed by atoms with Crippen LogP contribution in [0.4, 0.5) is 0 Å². The van der Waals surface area contributed by atoms with Crippen LogP contribution in [0.5, 0.6) is 5.75 Å². The molecule has 0 aliphatic carbocycles. The molecular weight excluding hydrogens is 394 g/mol. The van der Waals surface area contributed by atoms with Gasteiger partial charge in [-0.25, -0.2) is 4.79 Å². The van der Waals surface area contributed by atoms with E-state index in [-0.39, 0.29) is 17.4 Å². The predicted molar refractivity (Wildman–Crippen MR) is 106 cm³/mol. The summed E-state index contributed by atoms with van der Waals surface area (Å²) in [5.41, 5.74) is 1.55. The first-order chi connectivity index (χ1) is 14.1. The highest BCUT2D eigenvalue weighted by atomic mass is 32.2. The number of tetrazole rings is 1. The first-order valence-electron chi connectivity index (χ1n) is 8.68. The third-order valence-corrected chi connectivity index (χ3v) is 4.89. The average Bonchev–Trinajstić information content (AvgIpc) is 3.21. The van der Waals surface area contributed by atoms with Crippen LogP contribution in [0.15, 0.2) is 59.8 Å². The summed E-state index contributed by atoms with van der Waals surface area (Å²) in [6, 6.07) is 14.9. The zero-order chi connectivity index (χ0) is 20.6. The van der Waals surface area contributed by atoms with Gasteiger partial charge >= 0.3 is 5.97 Å². The van der Waals surface area contributed by atoms with Crippen LogP contribution in [0.1, 0.15) is 5.56 Å². The van der Waals surface area contributed by atoms with Crippen LogP contribution in [0.2, 0.25) is 0 Å². The summed E-state index contributed by atoms with van der Waals surface area (Å²) in [7, 11) is 1.28. The van der Waals surface area contributed by atoms with Crippen LogP contribution < -0.4 is 5.32 Å². The molecule has 10 heteroatoms. The number of hydrogen-bond acceptors (Lipinski definition) is 8. The molecule has 0 aliphatic heterocycles. The summed E-state index contributed by atoms with van der Waals surface area (Å²) < 4.78 is 6.26. The molecule has 9 nitrogen and oxygen atoms in total. The number of ether oxygens (including phenoxy) is 1. The molecule has 0 radical (unpaired) electrons. The molecule has 0 saturated carbocycles. The molecule has 0 fully saturated rings. The number of benzene rings is 2. The van der Waals surface area contributed by atoms with Crippen LogP contribution in [-0.2, 0) is 20.7 Å². The fourth-order valence-electron chi connectivity index (χ4n) is 2.58. The molecular formula is C19H19N5O4S. The Morgan fingerprint density at radius 1 is 1.17 bits per heavy atom. The van der Waals surface area contributed by atoms with Gasteiger partial charge in [0.1, 0.15) is 11.8 Å². The Morgan fingerprint density at radius 2 is 1.90 bits per heavy atom. The number of phenolic OH excluding ortho intramolecular Hbond substituents is 1. The highest BCUT2D eigenvalue weighted by Gasteiger charge is 2.22. The molecule has 29 heavy (non-hydrogen) atoms. The Labute approximate surface area is 171 Å². The van der Waals surface area contributed by atoms with Gasteiger partial charge in [-0.15, -0.1) is 5.10 Å². The van der Waals surface area contributed by atoms with Crippen molar-refractivity contribution in [2.45, 2.75) is 17.6 Å². The van der Waals surface area contributed by atoms with Crippen LogP contribution in [0.3, 0.4) is 0 Å². The van der Waals surface area contributed by atoms with Crippen molar-refractivity contribution in [2.75, 3.05) is 12.9 Å². The maximum absolute atomic E-state index is 12.4. The third kappa shape index (κ3) is 5.55. The van der Waals surface area contributed by atoms with Crippen LogP contribution in [0, 0.1) is 0 Å². The van der Waals surface area contributed by atoms with E-state index >= 15 is 0 Å². The molecule has 3 aromatic rings. The Kier molecular flexibility index (Phi) is 6.80. The second-order valence-electron chi connectivity index (χ2n) is 6.01. The SMILES string of the molecule is COC(=O)[C@H](Cc1ccccc1)NC(=O)CSc1nnnn1-c1ccc(O)cc1. The van der Waals surface area contributed by atoms with E-state index in [0.717, 1.165) is 17.3 Å². The quantitative estimate of drug-likeness (QED) is 0.420. The molecule has 3 rings (SSSR count). The first kappa shape index (κ1) is 20.3. The molecule has 1 aromatic heterocycles. The van der Waals surface area contributed by atoms with Crippen molar-refractivity contribution < 1.29 is 19.4 Å². The molecule has 0 bridgehead atoms. The largest absolute Gasteiger partial charge is 0.508 e. The lowest BCUT2D eigenvalue weighted by molar-refractivity contribution is -0.144. The third-order valence-electron chi connectivity index (χ3n) is 3.97. The second kappa shape index (κ2) is 9.69. The molecule has 0 spiro atoms. The molecule has 1 heterocycles. The minimum atomic E-state index is -0.788.